The molecule has 35 heavy (non-hydrogen) atoms. The van der Waals surface area contributed by atoms with Crippen LogP contribution in [0.4, 0.5) is 0 Å². The van der Waals surface area contributed by atoms with Gasteiger partial charge in [-0.05, 0) is 58.6 Å². The highest BCUT2D eigenvalue weighted by molar-refractivity contribution is 6.24. The molecule has 182 valence electrons. The number of aromatic hydroxyl groups is 1. The number of ketones is 2. The molecule has 3 aliphatic carbocycles. The van der Waals surface area contributed by atoms with Gasteiger partial charge < -0.3 is 9.84 Å². The van der Waals surface area contributed by atoms with Crippen LogP contribution in [0.25, 0.3) is 0 Å². The third-order valence-electron chi connectivity index (χ3n) is 7.78. The minimum atomic E-state index is -0.678. The Balaban J connectivity index is 1.70. The third-order valence-corrected chi connectivity index (χ3v) is 7.78. The Hall–Kier alpha value is -3.48. The van der Waals surface area contributed by atoms with Crippen LogP contribution in [0.1, 0.15) is 52.0 Å². The van der Waals surface area contributed by atoms with E-state index >= 15 is 0 Å². The first kappa shape index (κ1) is 23.3. The summed E-state index contributed by atoms with van der Waals surface area (Å²) >= 11 is 0. The van der Waals surface area contributed by atoms with E-state index in [0.29, 0.717) is 34.5 Å². The molecule has 2 amide bonds. The summed E-state index contributed by atoms with van der Waals surface area (Å²) in [5, 5.41) is 10.9. The van der Waals surface area contributed by atoms with Crippen LogP contribution in [-0.4, -0.2) is 46.0 Å². The van der Waals surface area contributed by atoms with Gasteiger partial charge in [0.1, 0.15) is 11.5 Å². The van der Waals surface area contributed by atoms with E-state index in [1.54, 1.807) is 19.1 Å². The predicted molar refractivity (Wildman–Crippen MR) is 128 cm³/mol. The molecule has 4 aliphatic rings. The van der Waals surface area contributed by atoms with Crippen LogP contribution >= 0.6 is 0 Å². The minimum Gasteiger partial charge on any atom is -0.507 e. The van der Waals surface area contributed by atoms with Gasteiger partial charge in [0, 0.05) is 39.8 Å². The topological polar surface area (TPSA) is 101 Å². The number of ether oxygens (including phenoxy) is 1. The maximum atomic E-state index is 13.6. The SMILES string of the molecule is COc1ccc(C2C3=CCC4C(=O)N(C(C)(C)C)C(=O)C4C3CC3=C2C(=O)C(C)=CC3=O)c(O)c1. The number of methoxy groups -OCH3 is 1. The van der Waals surface area contributed by atoms with Gasteiger partial charge in [-0.25, -0.2) is 0 Å². The van der Waals surface area contributed by atoms with E-state index < -0.39 is 29.2 Å². The Morgan fingerprint density at radius 2 is 1.77 bits per heavy atom. The number of benzene rings is 1. The van der Waals surface area contributed by atoms with Crippen LogP contribution in [0.5, 0.6) is 11.5 Å². The van der Waals surface area contributed by atoms with Crippen LogP contribution in [-0.2, 0) is 19.2 Å². The fourth-order valence-corrected chi connectivity index (χ4v) is 6.27. The van der Waals surface area contributed by atoms with Crippen molar-refractivity contribution in [3.8, 4) is 11.5 Å². The molecule has 1 saturated heterocycles. The second-order valence-electron chi connectivity index (χ2n) is 10.8. The molecule has 7 nitrogen and oxygen atoms in total. The van der Waals surface area contributed by atoms with Gasteiger partial charge in [-0.15, -0.1) is 0 Å². The first-order chi connectivity index (χ1) is 16.5. The van der Waals surface area contributed by atoms with Crippen molar-refractivity contribution in [1.29, 1.82) is 0 Å². The molecule has 7 heteroatoms. The predicted octanol–water partition coefficient (Wildman–Crippen LogP) is 3.63. The number of amides is 2. The standard InChI is InChI=1S/C28H29NO6/c1-13-10-20(30)19-12-18-15(8-9-17-23(18)27(34)29(26(17)33)28(2,3)4)22(24(19)25(13)32)16-7-6-14(35-5)11-21(16)31/h6-8,10-11,17-18,22-23,31H,9,12H2,1-5H3. The summed E-state index contributed by atoms with van der Waals surface area (Å²) in [6, 6.07) is 4.89. The number of allylic oxidation sites excluding steroid dienone is 6. The Morgan fingerprint density at radius 3 is 2.40 bits per heavy atom. The van der Waals surface area contributed by atoms with Crippen molar-refractivity contribution >= 4 is 23.4 Å². The maximum absolute atomic E-state index is 13.6. The molecule has 1 aromatic carbocycles. The lowest BCUT2D eigenvalue weighted by atomic mass is 9.59. The molecule has 1 aromatic rings. The summed E-state index contributed by atoms with van der Waals surface area (Å²) in [7, 11) is 1.50. The number of hydrogen-bond donors (Lipinski definition) is 1. The van der Waals surface area contributed by atoms with Crippen LogP contribution in [0, 0.1) is 17.8 Å². The van der Waals surface area contributed by atoms with Gasteiger partial charge in [-0.3, -0.25) is 24.1 Å². The summed E-state index contributed by atoms with van der Waals surface area (Å²) < 4.78 is 5.23. The van der Waals surface area contributed by atoms with Crippen LogP contribution in [0.15, 0.2) is 52.6 Å². The lowest BCUT2D eigenvalue weighted by Crippen LogP contribution is -2.46. The molecular formula is C28H29NO6. The number of Topliss-reactive ketones (excluding diaryl/α,β-unsaturated/α-hetero) is 1. The Morgan fingerprint density at radius 1 is 1.06 bits per heavy atom. The molecule has 0 radical (unpaired) electrons. The van der Waals surface area contributed by atoms with Crippen LogP contribution < -0.4 is 4.74 Å². The molecule has 1 aliphatic heterocycles. The van der Waals surface area contributed by atoms with Gasteiger partial charge in [0.2, 0.25) is 11.8 Å². The largest absolute Gasteiger partial charge is 0.507 e. The Kier molecular flexibility index (Phi) is 5.16. The van der Waals surface area contributed by atoms with Crippen LogP contribution in [0.3, 0.4) is 0 Å². The fraction of sp³-hybridized carbons (Fsp3) is 0.429. The zero-order valence-corrected chi connectivity index (χ0v) is 20.5. The van der Waals surface area contributed by atoms with E-state index in [2.05, 4.69) is 0 Å². The summed E-state index contributed by atoms with van der Waals surface area (Å²) in [6.45, 7) is 7.13. The van der Waals surface area contributed by atoms with Crippen molar-refractivity contribution < 1.29 is 29.0 Å². The Labute approximate surface area is 204 Å². The molecule has 4 unspecified atom stereocenters. The van der Waals surface area contributed by atoms with Crippen molar-refractivity contribution in [3.63, 3.8) is 0 Å². The lowest BCUT2D eigenvalue weighted by Gasteiger charge is -2.42. The number of rotatable bonds is 2. The second kappa shape index (κ2) is 7.77. The normalized spacial score (nSPS) is 28.4. The number of hydrogen-bond acceptors (Lipinski definition) is 6. The number of carbonyl (C=O) groups is 4. The van der Waals surface area contributed by atoms with Gasteiger partial charge >= 0.3 is 0 Å². The molecule has 0 saturated carbocycles. The number of imide groups is 1. The number of carbonyl (C=O) groups excluding carboxylic acids is 4. The highest BCUT2D eigenvalue weighted by atomic mass is 16.5. The van der Waals surface area contributed by atoms with Gasteiger partial charge in [0.05, 0.1) is 18.9 Å². The quantitative estimate of drug-likeness (QED) is 0.398. The molecule has 1 N–H and O–H groups in total. The summed E-state index contributed by atoms with van der Waals surface area (Å²) in [5.41, 5.74) is 1.73. The zero-order chi connectivity index (χ0) is 25.4. The van der Waals surface area contributed by atoms with Gasteiger partial charge in [-0.2, -0.15) is 0 Å². The van der Waals surface area contributed by atoms with E-state index in [9.17, 15) is 24.3 Å². The zero-order valence-electron chi connectivity index (χ0n) is 20.5. The molecule has 1 heterocycles. The van der Waals surface area contributed by atoms with Crippen molar-refractivity contribution in [2.45, 2.75) is 52.0 Å². The highest BCUT2D eigenvalue weighted by Gasteiger charge is 2.58. The van der Waals surface area contributed by atoms with E-state index in [1.807, 2.05) is 26.8 Å². The number of fused-ring (bicyclic) bond motifs is 3. The number of phenolic OH excluding ortho intramolecular Hbond substituents is 1. The van der Waals surface area contributed by atoms with E-state index in [0.717, 1.165) is 5.57 Å². The average molecular weight is 476 g/mol. The first-order valence-electron chi connectivity index (χ1n) is 11.9. The molecule has 0 aromatic heterocycles. The van der Waals surface area contributed by atoms with E-state index in [4.69, 9.17) is 4.74 Å². The van der Waals surface area contributed by atoms with Gasteiger partial charge in [0.25, 0.3) is 0 Å². The van der Waals surface area contributed by atoms with Gasteiger partial charge in [0.15, 0.2) is 11.6 Å². The summed E-state index contributed by atoms with van der Waals surface area (Å²) in [5.74, 6) is -2.67. The van der Waals surface area contributed by atoms with Crippen molar-refractivity contribution in [1.82, 2.24) is 4.90 Å². The van der Waals surface area contributed by atoms with E-state index in [1.165, 1.54) is 24.2 Å². The summed E-state index contributed by atoms with van der Waals surface area (Å²) in [4.78, 5) is 54.8. The highest BCUT2D eigenvalue weighted by Crippen LogP contribution is 2.56. The van der Waals surface area contributed by atoms with Crippen molar-refractivity contribution in [2.75, 3.05) is 7.11 Å². The van der Waals surface area contributed by atoms with Crippen LogP contribution in [0.2, 0.25) is 0 Å². The minimum absolute atomic E-state index is 0.0533. The fourth-order valence-electron chi connectivity index (χ4n) is 6.27. The molecule has 1 fully saturated rings. The van der Waals surface area contributed by atoms with Crippen molar-refractivity contribution in [2.24, 2.45) is 17.8 Å². The van der Waals surface area contributed by atoms with Crippen molar-refractivity contribution in [3.05, 3.63) is 58.2 Å². The molecule has 5 rings (SSSR count). The molecular weight excluding hydrogens is 446 g/mol. The monoisotopic (exact) mass is 475 g/mol. The first-order valence-corrected chi connectivity index (χ1v) is 11.9. The molecule has 0 spiro atoms. The Bertz CT molecular complexity index is 1290. The second-order valence-corrected chi connectivity index (χ2v) is 10.8. The summed E-state index contributed by atoms with van der Waals surface area (Å²) in [6.07, 6.45) is 3.90. The maximum Gasteiger partial charge on any atom is 0.234 e. The number of nitrogens with zero attached hydrogens (tertiary/aromatic N) is 1. The number of phenols is 1. The molecule has 4 atom stereocenters. The third kappa shape index (κ3) is 3.32. The van der Waals surface area contributed by atoms with E-state index in [-0.39, 0.29) is 35.6 Å². The lowest BCUT2D eigenvalue weighted by molar-refractivity contribution is -0.145. The average Bonchev–Trinajstić information content (AvgIpc) is 3.06. The van der Waals surface area contributed by atoms with Gasteiger partial charge in [-0.1, -0.05) is 17.7 Å². The number of likely N-dealkylation sites (tertiary alicyclic amines) is 1. The molecule has 0 bridgehead atoms. The smallest absolute Gasteiger partial charge is 0.234 e.